The van der Waals surface area contributed by atoms with Crippen molar-refractivity contribution in [3.63, 3.8) is 0 Å². The maximum absolute atomic E-state index is 13.9. The second-order valence-electron chi connectivity index (χ2n) is 11.1. The number of aliphatic hydroxyl groups excluding tert-OH is 1. The largest absolute Gasteiger partial charge is 0.391 e. The van der Waals surface area contributed by atoms with Crippen LogP contribution in [0, 0.1) is 5.41 Å². The van der Waals surface area contributed by atoms with Gasteiger partial charge in [-0.25, -0.2) is 4.68 Å². The topological polar surface area (TPSA) is 126 Å². The number of amides is 2. The summed E-state index contributed by atoms with van der Waals surface area (Å²) in [6.45, 7) is 6.27. The van der Waals surface area contributed by atoms with Gasteiger partial charge in [-0.2, -0.15) is 0 Å². The molecule has 2 amide bonds. The van der Waals surface area contributed by atoms with Crippen molar-refractivity contribution < 1.29 is 14.7 Å². The van der Waals surface area contributed by atoms with Crippen LogP contribution in [0.1, 0.15) is 63.3 Å². The molecule has 1 aliphatic carbocycles. The summed E-state index contributed by atoms with van der Waals surface area (Å²) in [6.07, 6.45) is 10.4. The fourth-order valence-electron chi connectivity index (χ4n) is 4.91. The van der Waals surface area contributed by atoms with E-state index in [4.69, 9.17) is 0 Å². The molecule has 2 N–H and O–H groups in total. The summed E-state index contributed by atoms with van der Waals surface area (Å²) in [6, 6.07) is 4.35. The monoisotopic (exact) mass is 503 g/mol. The van der Waals surface area contributed by atoms with E-state index in [0.29, 0.717) is 5.92 Å². The minimum atomic E-state index is -0.770. The smallest absolute Gasteiger partial charge is 0.248 e. The Hall–Kier alpha value is -3.66. The van der Waals surface area contributed by atoms with Crippen LogP contribution in [0.5, 0.6) is 0 Å². The van der Waals surface area contributed by atoms with Crippen molar-refractivity contribution in [2.75, 3.05) is 6.54 Å². The minimum Gasteiger partial charge on any atom is -0.391 e. The Balaban J connectivity index is 1.30. The quantitative estimate of drug-likeness (QED) is 0.507. The van der Waals surface area contributed by atoms with Crippen molar-refractivity contribution in [3.8, 4) is 11.1 Å². The summed E-state index contributed by atoms with van der Waals surface area (Å²) < 4.78 is 1.63. The summed E-state index contributed by atoms with van der Waals surface area (Å²) in [5.74, 6) is -0.124. The lowest BCUT2D eigenvalue weighted by Gasteiger charge is -2.34. The van der Waals surface area contributed by atoms with E-state index >= 15 is 0 Å². The summed E-state index contributed by atoms with van der Waals surface area (Å²) in [4.78, 5) is 37.1. The zero-order chi connectivity index (χ0) is 26.2. The number of pyridine rings is 2. The van der Waals surface area contributed by atoms with E-state index in [1.165, 1.54) is 4.90 Å². The van der Waals surface area contributed by atoms with Gasteiger partial charge in [-0.15, -0.1) is 5.10 Å². The Kier molecular flexibility index (Phi) is 6.76. The molecule has 3 aromatic heterocycles. The first-order valence-corrected chi connectivity index (χ1v) is 12.7. The molecular weight excluding hydrogens is 470 g/mol. The lowest BCUT2D eigenvalue weighted by molar-refractivity contribution is -0.144. The molecule has 0 unspecified atom stereocenters. The highest BCUT2D eigenvalue weighted by Gasteiger charge is 2.45. The Bertz CT molecular complexity index is 1270. The number of hydrogen-bond donors (Lipinski definition) is 2. The van der Waals surface area contributed by atoms with E-state index in [9.17, 15) is 14.7 Å². The molecule has 3 aromatic rings. The van der Waals surface area contributed by atoms with E-state index in [1.807, 2.05) is 45.2 Å². The summed E-state index contributed by atoms with van der Waals surface area (Å²) in [5.41, 5.74) is 3.09. The molecule has 0 aromatic carbocycles. The van der Waals surface area contributed by atoms with Gasteiger partial charge in [0.25, 0.3) is 0 Å². The van der Waals surface area contributed by atoms with Gasteiger partial charge in [-0.3, -0.25) is 19.6 Å². The molecule has 5 rings (SSSR count). The summed E-state index contributed by atoms with van der Waals surface area (Å²) in [7, 11) is 0. The molecule has 37 heavy (non-hydrogen) atoms. The zero-order valence-corrected chi connectivity index (χ0v) is 21.4. The molecule has 2 fully saturated rings. The second kappa shape index (κ2) is 10.0. The summed E-state index contributed by atoms with van der Waals surface area (Å²) >= 11 is 0. The van der Waals surface area contributed by atoms with Crippen LogP contribution in [0.2, 0.25) is 0 Å². The van der Waals surface area contributed by atoms with E-state index in [2.05, 4.69) is 25.6 Å². The molecule has 10 nitrogen and oxygen atoms in total. The van der Waals surface area contributed by atoms with Gasteiger partial charge in [-0.1, -0.05) is 32.1 Å². The standard InChI is InChI=1S/C27H33N7O3/c1-27(2,3)24(34-16-22(31-32-34)18-6-7-18)26(37)33-15-21(35)10-23(33)25(36)30-12-17-9-20(14-29-11-17)19-5-4-8-28-13-19/h4-5,8-9,11,13-14,16,18,21,23-24,35H,6-7,10,12,15H2,1-3H3,(H,30,36)/t21-,23+,24-/m1/s1. The number of aromatic nitrogens is 5. The highest BCUT2D eigenvalue weighted by Crippen LogP contribution is 2.40. The highest BCUT2D eigenvalue weighted by atomic mass is 16.3. The number of likely N-dealkylation sites (tertiary alicyclic amines) is 1. The maximum atomic E-state index is 13.9. The third kappa shape index (κ3) is 5.53. The number of rotatable bonds is 7. The van der Waals surface area contributed by atoms with Crippen molar-refractivity contribution in [1.82, 2.24) is 35.2 Å². The fraction of sp³-hybridized carbons (Fsp3) is 0.481. The second-order valence-corrected chi connectivity index (χ2v) is 11.1. The van der Waals surface area contributed by atoms with Crippen LogP contribution in [-0.4, -0.2) is 65.5 Å². The van der Waals surface area contributed by atoms with Gasteiger partial charge in [0, 0.05) is 67.5 Å². The lowest BCUT2D eigenvalue weighted by Crippen LogP contribution is -2.50. The molecule has 1 saturated heterocycles. The van der Waals surface area contributed by atoms with Crippen LogP contribution in [0.15, 0.2) is 49.2 Å². The molecular formula is C27H33N7O3. The number of carbonyl (C=O) groups is 2. The first kappa shape index (κ1) is 25.0. The van der Waals surface area contributed by atoms with Crippen molar-refractivity contribution in [2.24, 2.45) is 5.41 Å². The Morgan fingerprint density at radius 1 is 1.16 bits per heavy atom. The van der Waals surface area contributed by atoms with Crippen molar-refractivity contribution in [2.45, 2.75) is 70.7 Å². The molecule has 0 spiro atoms. The van der Waals surface area contributed by atoms with E-state index < -0.39 is 23.6 Å². The Morgan fingerprint density at radius 3 is 2.65 bits per heavy atom. The van der Waals surface area contributed by atoms with E-state index in [1.54, 1.807) is 29.5 Å². The van der Waals surface area contributed by atoms with Gasteiger partial charge < -0.3 is 15.3 Å². The van der Waals surface area contributed by atoms with Crippen LogP contribution >= 0.6 is 0 Å². The first-order valence-electron chi connectivity index (χ1n) is 12.7. The number of β-amino-alcohol motifs (C(OH)–C–C–N with tert-alkyl or cyclic N) is 1. The summed E-state index contributed by atoms with van der Waals surface area (Å²) in [5, 5.41) is 21.9. The van der Waals surface area contributed by atoms with Crippen LogP contribution < -0.4 is 5.32 Å². The zero-order valence-electron chi connectivity index (χ0n) is 21.4. The first-order chi connectivity index (χ1) is 17.7. The predicted octanol–water partition coefficient (Wildman–Crippen LogP) is 2.48. The van der Waals surface area contributed by atoms with E-state index in [0.717, 1.165) is 35.2 Å². The van der Waals surface area contributed by atoms with Gasteiger partial charge in [0.1, 0.15) is 12.1 Å². The Labute approximate surface area is 216 Å². The van der Waals surface area contributed by atoms with Crippen molar-refractivity contribution in [1.29, 1.82) is 0 Å². The molecule has 3 atom stereocenters. The highest BCUT2D eigenvalue weighted by molar-refractivity contribution is 5.90. The minimum absolute atomic E-state index is 0.103. The molecule has 1 saturated carbocycles. The molecule has 0 bridgehead atoms. The number of hydrogen-bond acceptors (Lipinski definition) is 7. The molecule has 4 heterocycles. The molecule has 1 aliphatic heterocycles. The van der Waals surface area contributed by atoms with Crippen LogP contribution in [-0.2, 0) is 16.1 Å². The third-order valence-corrected chi connectivity index (χ3v) is 6.96. The SMILES string of the molecule is CC(C)(C)[C@@H](C(=O)N1C[C@H](O)C[C@H]1C(=O)NCc1cncc(-c2cccnc2)c1)n1cc(C2CC2)nn1. The predicted molar refractivity (Wildman–Crippen MR) is 136 cm³/mol. The number of carbonyl (C=O) groups excluding carboxylic acids is 2. The van der Waals surface area contributed by atoms with Crippen molar-refractivity contribution in [3.05, 3.63) is 60.4 Å². The average Bonchev–Trinajstić information content (AvgIpc) is 3.49. The lowest BCUT2D eigenvalue weighted by atomic mass is 9.85. The van der Waals surface area contributed by atoms with Gasteiger partial charge in [0.05, 0.1) is 11.8 Å². The molecule has 194 valence electrons. The normalized spacial score (nSPS) is 20.6. The third-order valence-electron chi connectivity index (χ3n) is 6.96. The Morgan fingerprint density at radius 2 is 1.95 bits per heavy atom. The fourth-order valence-corrected chi connectivity index (χ4v) is 4.91. The number of aliphatic hydroxyl groups is 1. The van der Waals surface area contributed by atoms with E-state index in [-0.39, 0.29) is 31.3 Å². The molecule has 0 radical (unpaired) electrons. The van der Waals surface area contributed by atoms with Crippen LogP contribution in [0.3, 0.4) is 0 Å². The van der Waals surface area contributed by atoms with Gasteiger partial charge in [-0.05, 0) is 36.0 Å². The average molecular weight is 504 g/mol. The van der Waals surface area contributed by atoms with Gasteiger partial charge >= 0.3 is 0 Å². The molecule has 2 aliphatic rings. The van der Waals surface area contributed by atoms with Crippen LogP contribution in [0.25, 0.3) is 11.1 Å². The van der Waals surface area contributed by atoms with Crippen LogP contribution in [0.4, 0.5) is 0 Å². The van der Waals surface area contributed by atoms with Gasteiger partial charge in [0.15, 0.2) is 0 Å². The number of nitrogens with zero attached hydrogens (tertiary/aromatic N) is 6. The maximum Gasteiger partial charge on any atom is 0.248 e. The van der Waals surface area contributed by atoms with Crippen molar-refractivity contribution >= 4 is 11.8 Å². The number of nitrogens with one attached hydrogen (secondary N) is 1. The molecule has 10 heteroatoms. The van der Waals surface area contributed by atoms with Gasteiger partial charge in [0.2, 0.25) is 11.8 Å².